The van der Waals surface area contributed by atoms with E-state index in [1.165, 1.54) is 0 Å². The summed E-state index contributed by atoms with van der Waals surface area (Å²) in [5.41, 5.74) is 4.11. The molecule has 3 nitrogen and oxygen atoms in total. The average molecular weight is 370 g/mol. The lowest BCUT2D eigenvalue weighted by atomic mass is 10.1. The monoisotopic (exact) mass is 369 g/mol. The molecule has 0 unspecified atom stereocenters. The van der Waals surface area contributed by atoms with E-state index in [9.17, 15) is 0 Å². The van der Waals surface area contributed by atoms with E-state index in [4.69, 9.17) is 25.4 Å². The number of hydrogen-bond acceptors (Lipinski definition) is 3. The van der Waals surface area contributed by atoms with Crippen LogP contribution < -0.4 is 0 Å². The number of hydrogen-bond donors (Lipinski definition) is 0. The first-order valence-electron chi connectivity index (χ1n) is 8.67. The van der Waals surface area contributed by atoms with Gasteiger partial charge in [-0.05, 0) is 41.8 Å². The standard InChI is InChI=1S/C23H12ClNO2/c24-17-6-3-7-20-21(17)16-12-14(9-11-19(16)26-20)23-25-18-10-8-13-4-1-2-5-15(13)22(18)27-23/h1-12H. The molecule has 6 rings (SSSR count). The van der Waals surface area contributed by atoms with E-state index in [1.807, 2.05) is 54.6 Å². The summed E-state index contributed by atoms with van der Waals surface area (Å²) in [5.74, 6) is 0.588. The van der Waals surface area contributed by atoms with Crippen molar-refractivity contribution >= 4 is 55.4 Å². The van der Waals surface area contributed by atoms with Gasteiger partial charge < -0.3 is 8.83 Å². The fraction of sp³-hybridized carbons (Fsp3) is 0. The van der Waals surface area contributed by atoms with E-state index in [0.29, 0.717) is 10.9 Å². The predicted molar refractivity (Wildman–Crippen MR) is 109 cm³/mol. The van der Waals surface area contributed by atoms with Crippen LogP contribution >= 0.6 is 11.6 Å². The predicted octanol–water partition coefficient (Wildman–Crippen LogP) is 7.20. The van der Waals surface area contributed by atoms with Gasteiger partial charge >= 0.3 is 0 Å². The van der Waals surface area contributed by atoms with Crippen molar-refractivity contribution in [2.75, 3.05) is 0 Å². The van der Waals surface area contributed by atoms with Gasteiger partial charge in [-0.1, -0.05) is 48.0 Å². The quantitative estimate of drug-likeness (QED) is 0.307. The molecule has 6 aromatic rings. The van der Waals surface area contributed by atoms with Crippen LogP contribution in [0.5, 0.6) is 0 Å². The third-order valence-corrected chi connectivity index (χ3v) is 5.29. The maximum atomic E-state index is 6.41. The van der Waals surface area contributed by atoms with Gasteiger partial charge in [0.15, 0.2) is 5.58 Å². The largest absolute Gasteiger partial charge is 0.456 e. The molecule has 4 aromatic carbocycles. The molecular weight excluding hydrogens is 358 g/mol. The van der Waals surface area contributed by atoms with E-state index < -0.39 is 0 Å². The third-order valence-electron chi connectivity index (χ3n) is 4.97. The molecular formula is C23H12ClNO2. The second-order valence-corrected chi connectivity index (χ2v) is 6.99. The Bertz CT molecular complexity index is 1490. The maximum Gasteiger partial charge on any atom is 0.227 e. The molecule has 128 valence electrons. The summed E-state index contributed by atoms with van der Waals surface area (Å²) in [5, 5.41) is 4.74. The lowest BCUT2D eigenvalue weighted by Gasteiger charge is -1.97. The summed E-state index contributed by atoms with van der Waals surface area (Å²) in [6.45, 7) is 0. The zero-order valence-electron chi connectivity index (χ0n) is 14.1. The van der Waals surface area contributed by atoms with Crippen molar-refractivity contribution in [2.45, 2.75) is 0 Å². The second kappa shape index (κ2) is 5.35. The Morgan fingerprint density at radius 1 is 0.741 bits per heavy atom. The summed E-state index contributed by atoms with van der Waals surface area (Å²) >= 11 is 6.41. The van der Waals surface area contributed by atoms with Crippen molar-refractivity contribution in [3.8, 4) is 11.5 Å². The molecule has 0 bridgehead atoms. The lowest BCUT2D eigenvalue weighted by molar-refractivity contribution is 0.623. The van der Waals surface area contributed by atoms with Crippen LogP contribution in [0.1, 0.15) is 0 Å². The molecule has 0 aliphatic heterocycles. The van der Waals surface area contributed by atoms with Crippen molar-refractivity contribution in [3.63, 3.8) is 0 Å². The van der Waals surface area contributed by atoms with Crippen molar-refractivity contribution in [3.05, 3.63) is 77.8 Å². The number of nitrogens with zero attached hydrogens (tertiary/aromatic N) is 1. The van der Waals surface area contributed by atoms with Gasteiger partial charge in [0.25, 0.3) is 0 Å². The van der Waals surface area contributed by atoms with Crippen molar-refractivity contribution in [2.24, 2.45) is 0 Å². The summed E-state index contributed by atoms with van der Waals surface area (Å²) < 4.78 is 12.1. The first-order chi connectivity index (χ1) is 13.3. The van der Waals surface area contributed by atoms with Gasteiger partial charge in [-0.25, -0.2) is 4.98 Å². The van der Waals surface area contributed by atoms with Crippen molar-refractivity contribution in [1.29, 1.82) is 0 Å². The molecule has 0 amide bonds. The highest BCUT2D eigenvalue weighted by Crippen LogP contribution is 2.37. The van der Waals surface area contributed by atoms with Crippen molar-refractivity contribution < 1.29 is 8.83 Å². The molecule has 0 saturated heterocycles. The van der Waals surface area contributed by atoms with Gasteiger partial charge in [0.05, 0.1) is 5.02 Å². The number of aromatic nitrogens is 1. The van der Waals surface area contributed by atoms with Crippen LogP contribution in [0.15, 0.2) is 81.6 Å². The number of furan rings is 1. The average Bonchev–Trinajstić information content (AvgIpc) is 3.29. The minimum atomic E-state index is 0.588. The maximum absolute atomic E-state index is 6.41. The number of halogens is 1. The van der Waals surface area contributed by atoms with E-state index >= 15 is 0 Å². The molecule has 0 spiro atoms. The highest BCUT2D eigenvalue weighted by atomic mass is 35.5. The number of rotatable bonds is 1. The molecule has 27 heavy (non-hydrogen) atoms. The third kappa shape index (κ3) is 2.12. The van der Waals surface area contributed by atoms with Crippen molar-refractivity contribution in [1.82, 2.24) is 4.98 Å². The van der Waals surface area contributed by atoms with Gasteiger partial charge in [0, 0.05) is 21.7 Å². The van der Waals surface area contributed by atoms with Gasteiger partial charge in [-0.15, -0.1) is 0 Å². The molecule has 0 aliphatic rings. The van der Waals surface area contributed by atoms with Crippen LogP contribution in [-0.4, -0.2) is 4.98 Å². The minimum absolute atomic E-state index is 0.588. The summed E-state index contributed by atoms with van der Waals surface area (Å²) in [6.07, 6.45) is 0. The van der Waals surface area contributed by atoms with Crippen LogP contribution in [-0.2, 0) is 0 Å². The fourth-order valence-corrected chi connectivity index (χ4v) is 3.96. The zero-order valence-corrected chi connectivity index (χ0v) is 14.8. The van der Waals surface area contributed by atoms with E-state index in [-0.39, 0.29) is 0 Å². The molecule has 2 heterocycles. The van der Waals surface area contributed by atoms with E-state index in [2.05, 4.69) is 18.2 Å². The molecule has 0 atom stereocenters. The molecule has 2 aromatic heterocycles. The Morgan fingerprint density at radius 3 is 2.63 bits per heavy atom. The van der Waals surface area contributed by atoms with Gasteiger partial charge in [0.2, 0.25) is 5.89 Å². The zero-order chi connectivity index (χ0) is 18.0. The minimum Gasteiger partial charge on any atom is -0.456 e. The van der Waals surface area contributed by atoms with Crippen LogP contribution in [0.2, 0.25) is 5.02 Å². The Morgan fingerprint density at radius 2 is 1.67 bits per heavy atom. The Balaban J connectivity index is 1.63. The number of fused-ring (bicyclic) bond motifs is 6. The number of oxazole rings is 1. The molecule has 0 fully saturated rings. The molecule has 0 radical (unpaired) electrons. The smallest absolute Gasteiger partial charge is 0.227 e. The van der Waals surface area contributed by atoms with E-state index in [0.717, 1.165) is 49.4 Å². The van der Waals surface area contributed by atoms with Gasteiger partial charge in [-0.2, -0.15) is 0 Å². The second-order valence-electron chi connectivity index (χ2n) is 6.58. The highest BCUT2D eigenvalue weighted by Gasteiger charge is 2.15. The van der Waals surface area contributed by atoms with Crippen LogP contribution in [0.3, 0.4) is 0 Å². The Labute approximate surface area is 158 Å². The molecule has 0 aliphatic carbocycles. The van der Waals surface area contributed by atoms with Crippen LogP contribution in [0.4, 0.5) is 0 Å². The first kappa shape index (κ1) is 14.8. The molecule has 4 heteroatoms. The van der Waals surface area contributed by atoms with Crippen LogP contribution in [0.25, 0.3) is 55.3 Å². The molecule has 0 N–H and O–H groups in total. The van der Waals surface area contributed by atoms with Crippen LogP contribution in [0, 0.1) is 0 Å². The molecule has 0 saturated carbocycles. The van der Waals surface area contributed by atoms with E-state index in [1.54, 1.807) is 0 Å². The topological polar surface area (TPSA) is 39.2 Å². The van der Waals surface area contributed by atoms with Gasteiger partial charge in [-0.3, -0.25) is 0 Å². The normalized spacial score (nSPS) is 11.9. The Kier molecular flexibility index (Phi) is 2.94. The highest BCUT2D eigenvalue weighted by molar-refractivity contribution is 6.37. The fourth-order valence-electron chi connectivity index (χ4n) is 3.70. The lowest BCUT2D eigenvalue weighted by Crippen LogP contribution is -1.77. The first-order valence-corrected chi connectivity index (χ1v) is 9.05. The summed E-state index contributed by atoms with van der Waals surface area (Å²) in [4.78, 5) is 4.70. The summed E-state index contributed by atoms with van der Waals surface area (Å²) in [7, 11) is 0. The Hall–Kier alpha value is -3.30. The summed E-state index contributed by atoms with van der Waals surface area (Å²) in [6, 6.07) is 23.8. The van der Waals surface area contributed by atoms with Gasteiger partial charge in [0.1, 0.15) is 16.7 Å². The SMILES string of the molecule is Clc1cccc2oc3ccc(-c4nc5ccc6ccccc6c5o4)cc3c12. The number of benzene rings is 4.